The maximum atomic E-state index is 11.7. The van der Waals surface area contributed by atoms with Crippen LogP contribution in [0.4, 0.5) is 0 Å². The number of hydrogen-bond acceptors (Lipinski definition) is 3. The van der Waals surface area contributed by atoms with Gasteiger partial charge in [0.05, 0.1) is 0 Å². The van der Waals surface area contributed by atoms with Crippen molar-refractivity contribution in [1.29, 1.82) is 0 Å². The monoisotopic (exact) mass is 373 g/mol. The highest BCUT2D eigenvalue weighted by Gasteiger charge is 2.58. The van der Waals surface area contributed by atoms with Gasteiger partial charge in [-0.1, -0.05) is 25.5 Å². The normalized spacial score (nSPS) is 45.8. The van der Waals surface area contributed by atoms with Gasteiger partial charge >= 0.3 is 5.97 Å². The molecule has 0 heterocycles. The third-order valence-corrected chi connectivity index (χ3v) is 8.77. The van der Waals surface area contributed by atoms with Gasteiger partial charge in [-0.05, 0) is 73.5 Å². The lowest BCUT2D eigenvalue weighted by molar-refractivity contribution is -0.148. The molecule has 0 saturated heterocycles. The number of fused-ring (bicyclic) bond motifs is 5. The Morgan fingerprint density at radius 3 is 2.56 bits per heavy atom. The van der Waals surface area contributed by atoms with Crippen molar-refractivity contribution in [2.24, 2.45) is 28.6 Å². The number of amides is 1. The van der Waals surface area contributed by atoms with Gasteiger partial charge in [0.15, 0.2) is 0 Å². The summed E-state index contributed by atoms with van der Waals surface area (Å²) in [6.07, 6.45) is 11.6. The van der Waals surface area contributed by atoms with E-state index in [1.165, 1.54) is 26.2 Å². The fourth-order valence-corrected chi connectivity index (χ4v) is 7.45. The van der Waals surface area contributed by atoms with E-state index in [0.717, 1.165) is 43.9 Å². The first kappa shape index (κ1) is 19.0. The summed E-state index contributed by atoms with van der Waals surface area (Å²) >= 11 is 0. The molecule has 0 aromatic carbocycles. The Kier molecular flexibility index (Phi) is 4.67. The molecule has 0 unspecified atom stereocenters. The van der Waals surface area contributed by atoms with Crippen molar-refractivity contribution in [3.8, 4) is 0 Å². The van der Waals surface area contributed by atoms with Crippen molar-refractivity contribution in [2.45, 2.75) is 91.2 Å². The predicted octanol–water partition coefficient (Wildman–Crippen LogP) is 4.39. The molecule has 0 aromatic rings. The maximum Gasteiger partial charge on any atom is 0.302 e. The van der Waals surface area contributed by atoms with E-state index < -0.39 is 0 Å². The lowest BCUT2D eigenvalue weighted by atomic mass is 9.48. The van der Waals surface area contributed by atoms with Crippen molar-refractivity contribution >= 4 is 11.9 Å². The summed E-state index contributed by atoms with van der Waals surface area (Å²) in [6, 6.07) is 0.346. The van der Waals surface area contributed by atoms with E-state index in [-0.39, 0.29) is 28.8 Å². The zero-order chi connectivity index (χ0) is 19.4. The molecule has 7 atom stereocenters. The van der Waals surface area contributed by atoms with Crippen LogP contribution in [-0.2, 0) is 14.3 Å². The van der Waals surface area contributed by atoms with Gasteiger partial charge in [0.1, 0.15) is 6.10 Å². The Morgan fingerprint density at radius 2 is 1.85 bits per heavy atom. The van der Waals surface area contributed by atoms with E-state index in [2.05, 4.69) is 25.2 Å². The fourth-order valence-electron chi connectivity index (χ4n) is 7.45. The van der Waals surface area contributed by atoms with Crippen LogP contribution < -0.4 is 5.32 Å². The van der Waals surface area contributed by atoms with E-state index in [0.29, 0.717) is 12.0 Å². The number of carbonyl (C=O) groups is 2. The van der Waals surface area contributed by atoms with Gasteiger partial charge in [0.2, 0.25) is 5.91 Å². The standard InChI is InChI=1S/C23H35NO3/c1-14(25)24-21-8-7-19-18-6-5-16-13-17(27-15(2)26)9-11-22(16,3)20(18)10-12-23(19,21)4/h5,17-21H,6-13H2,1-4H3,(H,24,25)/t17-,18+,19-,20+,21-,22+,23+/m1/s1. The lowest BCUT2D eigenvalue weighted by Crippen LogP contribution is -2.53. The summed E-state index contributed by atoms with van der Waals surface area (Å²) in [5.74, 6) is 2.16. The molecule has 4 nitrogen and oxygen atoms in total. The molecule has 0 aliphatic heterocycles. The van der Waals surface area contributed by atoms with E-state index in [1.807, 2.05) is 0 Å². The zero-order valence-corrected chi connectivity index (χ0v) is 17.3. The first-order valence-corrected chi connectivity index (χ1v) is 10.9. The minimum atomic E-state index is -0.152. The van der Waals surface area contributed by atoms with Crippen LogP contribution in [0.15, 0.2) is 11.6 Å². The second-order valence-corrected chi connectivity index (χ2v) is 10.1. The second-order valence-electron chi connectivity index (χ2n) is 10.1. The van der Waals surface area contributed by atoms with Crippen LogP contribution in [-0.4, -0.2) is 24.0 Å². The molecule has 1 N–H and O–H groups in total. The Bertz CT molecular complexity index is 671. The zero-order valence-electron chi connectivity index (χ0n) is 17.3. The fraction of sp³-hybridized carbons (Fsp3) is 0.826. The molecule has 27 heavy (non-hydrogen) atoms. The smallest absolute Gasteiger partial charge is 0.302 e. The summed E-state index contributed by atoms with van der Waals surface area (Å²) in [5.41, 5.74) is 2.07. The first-order valence-electron chi connectivity index (χ1n) is 10.9. The summed E-state index contributed by atoms with van der Waals surface area (Å²) in [4.78, 5) is 23.1. The quantitative estimate of drug-likeness (QED) is 0.577. The average Bonchev–Trinajstić information content (AvgIpc) is 2.91. The van der Waals surface area contributed by atoms with Gasteiger partial charge in [-0.3, -0.25) is 9.59 Å². The number of nitrogens with one attached hydrogen (secondary N) is 1. The Morgan fingerprint density at radius 1 is 1.07 bits per heavy atom. The predicted molar refractivity (Wildman–Crippen MR) is 105 cm³/mol. The van der Waals surface area contributed by atoms with E-state index in [4.69, 9.17) is 4.74 Å². The number of carbonyl (C=O) groups excluding carboxylic acids is 2. The molecule has 4 heteroatoms. The molecule has 0 bridgehead atoms. The van der Waals surface area contributed by atoms with Crippen molar-refractivity contribution in [3.05, 3.63) is 11.6 Å². The van der Waals surface area contributed by atoms with Crippen molar-refractivity contribution in [1.82, 2.24) is 5.32 Å². The summed E-state index contributed by atoms with van der Waals surface area (Å²) in [7, 11) is 0. The largest absolute Gasteiger partial charge is 0.462 e. The van der Waals surface area contributed by atoms with Crippen LogP contribution in [0.1, 0.15) is 79.1 Å². The molecular formula is C23H35NO3. The van der Waals surface area contributed by atoms with Crippen molar-refractivity contribution < 1.29 is 14.3 Å². The van der Waals surface area contributed by atoms with Gasteiger partial charge in [0, 0.05) is 26.3 Å². The molecule has 0 spiro atoms. The highest BCUT2D eigenvalue weighted by molar-refractivity contribution is 5.73. The lowest BCUT2D eigenvalue weighted by Gasteiger charge is -2.58. The third-order valence-electron chi connectivity index (χ3n) is 8.77. The molecule has 3 saturated carbocycles. The minimum Gasteiger partial charge on any atom is -0.462 e. The maximum absolute atomic E-state index is 11.7. The number of ether oxygens (including phenoxy) is 1. The summed E-state index contributed by atoms with van der Waals surface area (Å²) in [5, 5.41) is 3.26. The van der Waals surface area contributed by atoms with Crippen LogP contribution in [0.2, 0.25) is 0 Å². The number of esters is 1. The molecule has 4 rings (SSSR count). The molecule has 3 fully saturated rings. The molecule has 0 aromatic heterocycles. The average molecular weight is 374 g/mol. The molecule has 4 aliphatic rings. The van der Waals surface area contributed by atoms with Gasteiger partial charge in [0.25, 0.3) is 0 Å². The molecule has 150 valence electrons. The Balaban J connectivity index is 1.55. The molecule has 0 radical (unpaired) electrons. The summed E-state index contributed by atoms with van der Waals surface area (Å²) < 4.78 is 5.54. The number of rotatable bonds is 2. The van der Waals surface area contributed by atoms with Crippen LogP contribution >= 0.6 is 0 Å². The molecule has 4 aliphatic carbocycles. The van der Waals surface area contributed by atoms with Gasteiger partial charge in [-0.25, -0.2) is 0 Å². The van der Waals surface area contributed by atoms with Crippen LogP contribution in [0.5, 0.6) is 0 Å². The van der Waals surface area contributed by atoms with Crippen LogP contribution in [0.3, 0.4) is 0 Å². The van der Waals surface area contributed by atoms with E-state index in [1.54, 1.807) is 12.5 Å². The van der Waals surface area contributed by atoms with Gasteiger partial charge in [-0.15, -0.1) is 0 Å². The number of hydrogen-bond donors (Lipinski definition) is 1. The Labute approximate surface area is 163 Å². The molecule has 1 amide bonds. The topological polar surface area (TPSA) is 55.4 Å². The van der Waals surface area contributed by atoms with Crippen LogP contribution in [0.25, 0.3) is 0 Å². The SMILES string of the molecule is CC(=O)N[C@@H]1CC[C@@H]2[C@@H]3CC=C4C[C@H](OC(C)=O)CC[C@]4(C)[C@H]3CC[C@@]21C. The van der Waals surface area contributed by atoms with Gasteiger partial charge in [-0.2, -0.15) is 0 Å². The minimum absolute atomic E-state index is 0.0721. The third kappa shape index (κ3) is 3.03. The van der Waals surface area contributed by atoms with Crippen LogP contribution in [0, 0.1) is 28.6 Å². The Hall–Kier alpha value is -1.32. The second kappa shape index (κ2) is 6.63. The number of allylic oxidation sites excluding steroid dienone is 1. The van der Waals surface area contributed by atoms with Crippen molar-refractivity contribution in [2.75, 3.05) is 0 Å². The van der Waals surface area contributed by atoms with E-state index >= 15 is 0 Å². The van der Waals surface area contributed by atoms with Gasteiger partial charge < -0.3 is 10.1 Å². The highest BCUT2D eigenvalue weighted by atomic mass is 16.5. The summed E-state index contributed by atoms with van der Waals surface area (Å²) in [6.45, 7) is 8.08. The van der Waals surface area contributed by atoms with E-state index in [9.17, 15) is 9.59 Å². The van der Waals surface area contributed by atoms with Crippen molar-refractivity contribution in [3.63, 3.8) is 0 Å². The molecular weight excluding hydrogens is 338 g/mol. The highest BCUT2D eigenvalue weighted by Crippen LogP contribution is 2.64. The first-order chi connectivity index (χ1) is 12.7.